The molecule has 1 aliphatic heterocycles. The van der Waals surface area contributed by atoms with Gasteiger partial charge in [0, 0.05) is 11.6 Å². The van der Waals surface area contributed by atoms with Crippen LogP contribution in [0.1, 0.15) is 23.6 Å². The predicted octanol–water partition coefficient (Wildman–Crippen LogP) is 1.70. The maximum Gasteiger partial charge on any atom is 0.150 e. The normalized spacial score (nSPS) is 23.2. The molecule has 0 aromatic heterocycles. The minimum absolute atomic E-state index is 0.0205. The molecule has 5 heteroatoms. The number of methoxy groups -OCH3 is 1. The fourth-order valence-electron chi connectivity index (χ4n) is 2.83. The molecule has 106 valence electrons. The van der Waals surface area contributed by atoms with Crippen LogP contribution in [-0.2, 0) is 9.84 Å². The molecule has 1 aromatic rings. The number of benzene rings is 1. The molecule has 1 N–H and O–H groups in total. The van der Waals surface area contributed by atoms with E-state index >= 15 is 0 Å². The number of ether oxygens (including phenoxy) is 1. The number of nitrogens with one attached hydrogen (secondary N) is 1. The van der Waals surface area contributed by atoms with Crippen LogP contribution in [0.3, 0.4) is 0 Å². The number of hydrogen-bond acceptors (Lipinski definition) is 4. The summed E-state index contributed by atoms with van der Waals surface area (Å²) in [6.07, 6.45) is 0.713. The van der Waals surface area contributed by atoms with E-state index in [-0.39, 0.29) is 17.7 Å². The Morgan fingerprint density at radius 2 is 2.16 bits per heavy atom. The van der Waals surface area contributed by atoms with Gasteiger partial charge in [-0.05, 0) is 32.4 Å². The maximum absolute atomic E-state index is 11.7. The van der Waals surface area contributed by atoms with Crippen LogP contribution in [0.4, 0.5) is 0 Å². The summed E-state index contributed by atoms with van der Waals surface area (Å²) in [6.45, 7) is 2.03. The summed E-state index contributed by atoms with van der Waals surface area (Å²) in [5.74, 6) is 1.49. The van der Waals surface area contributed by atoms with Crippen LogP contribution < -0.4 is 10.1 Å². The third-order valence-electron chi connectivity index (χ3n) is 3.77. The lowest BCUT2D eigenvalue weighted by Gasteiger charge is -2.24. The van der Waals surface area contributed by atoms with E-state index in [2.05, 4.69) is 11.4 Å². The molecule has 2 rings (SSSR count). The fraction of sp³-hybridized carbons (Fsp3) is 0.571. The van der Waals surface area contributed by atoms with Gasteiger partial charge in [0.15, 0.2) is 9.84 Å². The van der Waals surface area contributed by atoms with E-state index in [1.165, 1.54) is 0 Å². The summed E-state index contributed by atoms with van der Waals surface area (Å²) in [4.78, 5) is 0. The van der Waals surface area contributed by atoms with Gasteiger partial charge in [-0.2, -0.15) is 0 Å². The number of aryl methyl sites for hydroxylation is 1. The second kappa shape index (κ2) is 5.51. The van der Waals surface area contributed by atoms with Gasteiger partial charge in [-0.15, -0.1) is 0 Å². The van der Waals surface area contributed by atoms with Crippen LogP contribution in [0.15, 0.2) is 18.2 Å². The van der Waals surface area contributed by atoms with Gasteiger partial charge in [-0.25, -0.2) is 8.42 Å². The van der Waals surface area contributed by atoms with Crippen LogP contribution in [0.5, 0.6) is 5.75 Å². The Bertz CT molecular complexity index is 554. The lowest BCUT2D eigenvalue weighted by Crippen LogP contribution is -2.26. The molecule has 0 saturated carbocycles. The van der Waals surface area contributed by atoms with Crippen molar-refractivity contribution in [1.82, 2.24) is 5.32 Å². The van der Waals surface area contributed by atoms with Crippen molar-refractivity contribution < 1.29 is 13.2 Å². The Morgan fingerprint density at radius 3 is 2.68 bits per heavy atom. The quantitative estimate of drug-likeness (QED) is 0.914. The van der Waals surface area contributed by atoms with Crippen molar-refractivity contribution in [3.8, 4) is 5.75 Å². The van der Waals surface area contributed by atoms with Crippen molar-refractivity contribution in [2.75, 3.05) is 25.7 Å². The first-order valence-corrected chi connectivity index (χ1v) is 8.31. The van der Waals surface area contributed by atoms with E-state index in [1.54, 1.807) is 7.11 Å². The second-order valence-corrected chi connectivity index (χ2v) is 7.40. The molecule has 19 heavy (non-hydrogen) atoms. The summed E-state index contributed by atoms with van der Waals surface area (Å²) in [5, 5.41) is 3.26. The van der Waals surface area contributed by atoms with Crippen molar-refractivity contribution in [2.45, 2.75) is 19.4 Å². The Labute approximate surface area is 115 Å². The van der Waals surface area contributed by atoms with Gasteiger partial charge in [-0.1, -0.05) is 17.7 Å². The summed E-state index contributed by atoms with van der Waals surface area (Å²) in [7, 11) is 0.648. The molecule has 1 aromatic carbocycles. The molecule has 1 saturated heterocycles. The minimum atomic E-state index is -2.87. The van der Waals surface area contributed by atoms with Gasteiger partial charge >= 0.3 is 0 Å². The standard InChI is InChI=1S/C14H21NO3S/c1-10-4-5-13(18-3)12(8-10)14(15-2)11-6-7-19(16,17)9-11/h4-5,8,11,14-15H,6-7,9H2,1-3H3. The first-order chi connectivity index (χ1) is 8.96. The van der Waals surface area contributed by atoms with Crippen molar-refractivity contribution in [2.24, 2.45) is 5.92 Å². The molecule has 0 radical (unpaired) electrons. The predicted molar refractivity (Wildman–Crippen MR) is 76.3 cm³/mol. The van der Waals surface area contributed by atoms with E-state index in [0.717, 1.165) is 16.9 Å². The highest BCUT2D eigenvalue weighted by molar-refractivity contribution is 7.91. The Morgan fingerprint density at radius 1 is 1.42 bits per heavy atom. The smallest absolute Gasteiger partial charge is 0.150 e. The van der Waals surface area contributed by atoms with Crippen molar-refractivity contribution in [3.63, 3.8) is 0 Å². The maximum atomic E-state index is 11.7. The second-order valence-electron chi connectivity index (χ2n) is 5.17. The van der Waals surface area contributed by atoms with Crippen LogP contribution in [0.2, 0.25) is 0 Å². The molecular formula is C14H21NO3S. The largest absolute Gasteiger partial charge is 0.496 e. The first-order valence-electron chi connectivity index (χ1n) is 6.49. The first kappa shape index (κ1) is 14.3. The molecule has 0 aliphatic carbocycles. The van der Waals surface area contributed by atoms with Crippen LogP contribution in [0.25, 0.3) is 0 Å². The van der Waals surface area contributed by atoms with E-state index in [0.29, 0.717) is 12.2 Å². The molecule has 4 nitrogen and oxygen atoms in total. The number of sulfone groups is 1. The highest BCUT2D eigenvalue weighted by Gasteiger charge is 2.34. The van der Waals surface area contributed by atoms with Gasteiger partial charge < -0.3 is 10.1 Å². The summed E-state index contributed by atoms with van der Waals surface area (Å²) in [6, 6.07) is 6.04. The van der Waals surface area contributed by atoms with Crippen molar-refractivity contribution in [1.29, 1.82) is 0 Å². The summed E-state index contributed by atoms with van der Waals surface area (Å²) in [5.41, 5.74) is 2.20. The highest BCUT2D eigenvalue weighted by Crippen LogP contribution is 2.36. The molecule has 2 unspecified atom stereocenters. The lowest BCUT2D eigenvalue weighted by molar-refractivity contribution is 0.373. The van der Waals surface area contributed by atoms with Crippen LogP contribution >= 0.6 is 0 Å². The zero-order valence-corrected chi connectivity index (χ0v) is 12.5. The van der Waals surface area contributed by atoms with Crippen molar-refractivity contribution >= 4 is 9.84 Å². The van der Waals surface area contributed by atoms with E-state index < -0.39 is 9.84 Å². The average Bonchev–Trinajstić information content (AvgIpc) is 2.71. The van der Waals surface area contributed by atoms with Crippen molar-refractivity contribution in [3.05, 3.63) is 29.3 Å². The SMILES string of the molecule is CNC(c1cc(C)ccc1OC)C1CCS(=O)(=O)C1. The molecule has 2 atom stereocenters. The van der Waals surface area contributed by atoms with Crippen LogP contribution in [0, 0.1) is 12.8 Å². The molecule has 0 bridgehead atoms. The number of rotatable bonds is 4. The molecule has 1 aliphatic rings. The van der Waals surface area contributed by atoms with Gasteiger partial charge in [-0.3, -0.25) is 0 Å². The zero-order chi connectivity index (χ0) is 14.0. The Hall–Kier alpha value is -1.07. The highest BCUT2D eigenvalue weighted by atomic mass is 32.2. The van der Waals surface area contributed by atoms with Gasteiger partial charge in [0.05, 0.1) is 18.6 Å². The van der Waals surface area contributed by atoms with Crippen LogP contribution in [-0.4, -0.2) is 34.1 Å². The lowest BCUT2D eigenvalue weighted by atomic mass is 9.91. The Balaban J connectivity index is 2.34. The zero-order valence-electron chi connectivity index (χ0n) is 11.6. The number of hydrogen-bond donors (Lipinski definition) is 1. The minimum Gasteiger partial charge on any atom is -0.496 e. The average molecular weight is 283 g/mol. The monoisotopic (exact) mass is 283 g/mol. The van der Waals surface area contributed by atoms with E-state index in [4.69, 9.17) is 4.74 Å². The topological polar surface area (TPSA) is 55.4 Å². The van der Waals surface area contributed by atoms with E-state index in [9.17, 15) is 8.42 Å². The molecule has 1 fully saturated rings. The third kappa shape index (κ3) is 3.09. The van der Waals surface area contributed by atoms with E-state index in [1.807, 2.05) is 26.1 Å². The van der Waals surface area contributed by atoms with Gasteiger partial charge in [0.1, 0.15) is 5.75 Å². The Kier molecular flexibility index (Phi) is 4.16. The molecule has 1 heterocycles. The molecule has 0 spiro atoms. The molecule has 0 amide bonds. The summed E-state index contributed by atoms with van der Waals surface area (Å²) < 4.78 is 28.7. The van der Waals surface area contributed by atoms with Gasteiger partial charge in [0.25, 0.3) is 0 Å². The summed E-state index contributed by atoms with van der Waals surface area (Å²) >= 11 is 0. The third-order valence-corrected chi connectivity index (χ3v) is 5.56. The fourth-order valence-corrected chi connectivity index (χ4v) is 4.67. The van der Waals surface area contributed by atoms with Gasteiger partial charge in [0.2, 0.25) is 0 Å². The molecular weight excluding hydrogens is 262 g/mol.